The van der Waals surface area contributed by atoms with Crippen molar-refractivity contribution in [1.82, 2.24) is 4.90 Å². The SMILES string of the molecule is CN(Cc1ccc(N)cc1)C(=O)CCC(F)(F)F. The van der Waals surface area contributed by atoms with E-state index in [-0.39, 0.29) is 6.54 Å². The summed E-state index contributed by atoms with van der Waals surface area (Å²) in [4.78, 5) is 12.7. The van der Waals surface area contributed by atoms with E-state index >= 15 is 0 Å². The van der Waals surface area contributed by atoms with Crippen molar-refractivity contribution in [2.75, 3.05) is 12.8 Å². The van der Waals surface area contributed by atoms with Gasteiger partial charge in [0.25, 0.3) is 0 Å². The summed E-state index contributed by atoms with van der Waals surface area (Å²) in [5, 5.41) is 0. The largest absolute Gasteiger partial charge is 0.399 e. The summed E-state index contributed by atoms with van der Waals surface area (Å²) in [5.41, 5.74) is 6.93. The van der Waals surface area contributed by atoms with Gasteiger partial charge in [0, 0.05) is 25.7 Å². The average molecular weight is 260 g/mol. The zero-order valence-electron chi connectivity index (χ0n) is 10.00. The minimum absolute atomic E-state index is 0.275. The van der Waals surface area contributed by atoms with Gasteiger partial charge < -0.3 is 10.6 Å². The van der Waals surface area contributed by atoms with E-state index in [0.717, 1.165) is 5.56 Å². The number of carbonyl (C=O) groups is 1. The van der Waals surface area contributed by atoms with Gasteiger partial charge in [-0.1, -0.05) is 12.1 Å². The van der Waals surface area contributed by atoms with Gasteiger partial charge in [-0.25, -0.2) is 0 Å². The second-order valence-corrected chi connectivity index (χ2v) is 4.11. The van der Waals surface area contributed by atoms with E-state index in [1.54, 1.807) is 24.3 Å². The molecule has 6 heteroatoms. The molecule has 100 valence electrons. The molecule has 0 spiro atoms. The lowest BCUT2D eigenvalue weighted by Crippen LogP contribution is -2.27. The number of anilines is 1. The first-order valence-electron chi connectivity index (χ1n) is 5.43. The Balaban J connectivity index is 2.47. The maximum absolute atomic E-state index is 12.0. The van der Waals surface area contributed by atoms with Gasteiger partial charge in [0.05, 0.1) is 6.42 Å². The van der Waals surface area contributed by atoms with Crippen molar-refractivity contribution in [1.29, 1.82) is 0 Å². The van der Waals surface area contributed by atoms with Crippen LogP contribution in [0.3, 0.4) is 0 Å². The first-order valence-corrected chi connectivity index (χ1v) is 5.43. The van der Waals surface area contributed by atoms with E-state index in [0.29, 0.717) is 5.69 Å². The Kier molecular flexibility index (Phi) is 4.58. The van der Waals surface area contributed by atoms with E-state index < -0.39 is 24.9 Å². The van der Waals surface area contributed by atoms with Crippen LogP contribution in [0.15, 0.2) is 24.3 Å². The number of rotatable bonds is 4. The summed E-state index contributed by atoms with van der Waals surface area (Å²) >= 11 is 0. The lowest BCUT2D eigenvalue weighted by Gasteiger charge is -2.17. The molecule has 0 saturated heterocycles. The highest BCUT2D eigenvalue weighted by atomic mass is 19.4. The maximum Gasteiger partial charge on any atom is 0.389 e. The number of nitrogens with zero attached hydrogens (tertiary/aromatic N) is 1. The first-order chi connectivity index (χ1) is 8.28. The van der Waals surface area contributed by atoms with E-state index in [2.05, 4.69) is 0 Å². The van der Waals surface area contributed by atoms with Crippen molar-refractivity contribution >= 4 is 11.6 Å². The molecule has 0 aliphatic carbocycles. The molecule has 0 unspecified atom stereocenters. The molecule has 0 fully saturated rings. The number of benzene rings is 1. The molecule has 0 aliphatic rings. The van der Waals surface area contributed by atoms with Crippen molar-refractivity contribution in [2.24, 2.45) is 0 Å². The lowest BCUT2D eigenvalue weighted by atomic mass is 10.2. The number of hydrogen-bond donors (Lipinski definition) is 1. The van der Waals surface area contributed by atoms with Gasteiger partial charge in [0.2, 0.25) is 5.91 Å². The Morgan fingerprint density at radius 2 is 1.83 bits per heavy atom. The van der Waals surface area contributed by atoms with E-state index in [1.165, 1.54) is 11.9 Å². The molecule has 0 heterocycles. The molecule has 0 radical (unpaired) electrons. The molecule has 1 aromatic carbocycles. The third-order valence-electron chi connectivity index (χ3n) is 2.45. The zero-order chi connectivity index (χ0) is 13.8. The lowest BCUT2D eigenvalue weighted by molar-refractivity contribution is -0.148. The summed E-state index contributed by atoms with van der Waals surface area (Å²) in [6, 6.07) is 6.85. The Morgan fingerprint density at radius 1 is 1.28 bits per heavy atom. The van der Waals surface area contributed by atoms with Crippen LogP contribution in [0.2, 0.25) is 0 Å². The number of amides is 1. The number of nitrogen functional groups attached to an aromatic ring is 1. The number of hydrogen-bond acceptors (Lipinski definition) is 2. The molecule has 0 saturated carbocycles. The summed E-state index contributed by atoms with van der Waals surface area (Å²) in [5.74, 6) is -0.524. The van der Waals surface area contributed by atoms with Crippen LogP contribution in [0.5, 0.6) is 0 Å². The van der Waals surface area contributed by atoms with Gasteiger partial charge >= 0.3 is 6.18 Å². The fourth-order valence-electron chi connectivity index (χ4n) is 1.42. The number of halogens is 3. The molecular weight excluding hydrogens is 245 g/mol. The van der Waals surface area contributed by atoms with Crippen LogP contribution in [-0.2, 0) is 11.3 Å². The van der Waals surface area contributed by atoms with Gasteiger partial charge in [0.1, 0.15) is 0 Å². The monoisotopic (exact) mass is 260 g/mol. The van der Waals surface area contributed by atoms with Gasteiger partial charge in [-0.3, -0.25) is 4.79 Å². The van der Waals surface area contributed by atoms with E-state index in [9.17, 15) is 18.0 Å². The van der Waals surface area contributed by atoms with Crippen LogP contribution in [0.4, 0.5) is 18.9 Å². The molecule has 1 amide bonds. The first kappa shape index (κ1) is 14.3. The molecule has 2 N–H and O–H groups in total. The smallest absolute Gasteiger partial charge is 0.389 e. The minimum Gasteiger partial charge on any atom is -0.399 e. The third-order valence-corrected chi connectivity index (χ3v) is 2.45. The minimum atomic E-state index is -4.29. The Bertz CT molecular complexity index is 401. The van der Waals surface area contributed by atoms with Crippen LogP contribution in [-0.4, -0.2) is 24.0 Å². The summed E-state index contributed by atoms with van der Waals surface area (Å²) < 4.78 is 35.9. The Morgan fingerprint density at radius 3 is 2.33 bits per heavy atom. The topological polar surface area (TPSA) is 46.3 Å². The maximum atomic E-state index is 12.0. The summed E-state index contributed by atoms with van der Waals surface area (Å²) in [6.07, 6.45) is -5.90. The molecule has 1 rings (SSSR count). The van der Waals surface area contributed by atoms with Crippen molar-refractivity contribution in [3.63, 3.8) is 0 Å². The van der Waals surface area contributed by atoms with Crippen LogP contribution in [0.1, 0.15) is 18.4 Å². The fraction of sp³-hybridized carbons (Fsp3) is 0.417. The number of nitrogens with two attached hydrogens (primary N) is 1. The molecule has 1 aromatic rings. The second-order valence-electron chi connectivity index (χ2n) is 4.11. The van der Waals surface area contributed by atoms with Crippen molar-refractivity contribution in [3.8, 4) is 0 Å². The van der Waals surface area contributed by atoms with Crippen LogP contribution in [0.25, 0.3) is 0 Å². The predicted molar refractivity (Wildman–Crippen MR) is 62.6 cm³/mol. The standard InChI is InChI=1S/C12H15F3N2O/c1-17(11(18)6-7-12(13,14)15)8-9-2-4-10(16)5-3-9/h2-5H,6-8,16H2,1H3. The number of alkyl halides is 3. The van der Waals surface area contributed by atoms with Crippen molar-refractivity contribution < 1.29 is 18.0 Å². The Hall–Kier alpha value is -1.72. The average Bonchev–Trinajstić information content (AvgIpc) is 2.28. The quantitative estimate of drug-likeness (QED) is 0.846. The highest BCUT2D eigenvalue weighted by molar-refractivity contribution is 5.75. The third kappa shape index (κ3) is 5.07. The fourth-order valence-corrected chi connectivity index (χ4v) is 1.42. The van der Waals surface area contributed by atoms with E-state index in [1.807, 2.05) is 0 Å². The molecule has 0 bridgehead atoms. The summed E-state index contributed by atoms with van der Waals surface area (Å²) in [7, 11) is 1.48. The summed E-state index contributed by atoms with van der Waals surface area (Å²) in [6.45, 7) is 0.275. The molecule has 0 atom stereocenters. The molecular formula is C12H15F3N2O. The highest BCUT2D eigenvalue weighted by Crippen LogP contribution is 2.21. The van der Waals surface area contributed by atoms with Crippen LogP contribution < -0.4 is 5.73 Å². The van der Waals surface area contributed by atoms with Crippen molar-refractivity contribution in [2.45, 2.75) is 25.6 Å². The van der Waals surface area contributed by atoms with E-state index in [4.69, 9.17) is 5.73 Å². The molecule has 3 nitrogen and oxygen atoms in total. The van der Waals surface area contributed by atoms with Crippen LogP contribution >= 0.6 is 0 Å². The molecule has 18 heavy (non-hydrogen) atoms. The zero-order valence-corrected chi connectivity index (χ0v) is 10.00. The van der Waals surface area contributed by atoms with Crippen molar-refractivity contribution in [3.05, 3.63) is 29.8 Å². The molecule has 0 aliphatic heterocycles. The van der Waals surface area contributed by atoms with Gasteiger partial charge in [-0.2, -0.15) is 13.2 Å². The highest BCUT2D eigenvalue weighted by Gasteiger charge is 2.28. The predicted octanol–water partition coefficient (Wildman–Crippen LogP) is 2.57. The van der Waals surface area contributed by atoms with Gasteiger partial charge in [-0.15, -0.1) is 0 Å². The second kappa shape index (κ2) is 5.75. The van der Waals surface area contributed by atoms with Gasteiger partial charge in [-0.05, 0) is 17.7 Å². The normalized spacial score (nSPS) is 11.3. The number of carbonyl (C=O) groups excluding carboxylic acids is 1. The van der Waals surface area contributed by atoms with Crippen LogP contribution in [0, 0.1) is 0 Å². The van der Waals surface area contributed by atoms with Gasteiger partial charge in [0.15, 0.2) is 0 Å². The molecule has 0 aromatic heterocycles. The Labute approximate surface area is 103 Å².